The summed E-state index contributed by atoms with van der Waals surface area (Å²) in [6.45, 7) is 2.81. The Kier molecular flexibility index (Phi) is 3.96. The molecule has 2 aromatic rings. The fourth-order valence-corrected chi connectivity index (χ4v) is 5.02. The maximum Gasteiger partial charge on any atom is 0.254 e. The van der Waals surface area contributed by atoms with Crippen molar-refractivity contribution in [3.63, 3.8) is 0 Å². The van der Waals surface area contributed by atoms with E-state index in [1.807, 2.05) is 52.3 Å². The van der Waals surface area contributed by atoms with Crippen molar-refractivity contribution < 1.29 is 9.59 Å². The van der Waals surface area contributed by atoms with E-state index in [0.29, 0.717) is 24.4 Å². The van der Waals surface area contributed by atoms with Gasteiger partial charge in [0.1, 0.15) is 0 Å². The first-order chi connectivity index (χ1) is 13.2. The third-order valence-electron chi connectivity index (χ3n) is 6.95. The Morgan fingerprint density at radius 3 is 2.37 bits per heavy atom. The van der Waals surface area contributed by atoms with Gasteiger partial charge in [0.15, 0.2) is 0 Å². The maximum absolute atomic E-state index is 13.2. The number of amides is 2. The molecule has 1 saturated heterocycles. The molecule has 1 aliphatic heterocycles. The van der Waals surface area contributed by atoms with Crippen molar-refractivity contribution in [3.05, 3.63) is 48.0 Å². The Labute approximate surface area is 160 Å². The van der Waals surface area contributed by atoms with Crippen molar-refractivity contribution in [2.75, 3.05) is 26.2 Å². The molecular formula is C23H26N2O2. The van der Waals surface area contributed by atoms with Crippen LogP contribution < -0.4 is 0 Å². The standard InChI is InChI=1S/C23H26N2O2/c26-21(19-9-3-7-17-6-1-2-8-18(17)19)24-12-5-13-25(15-14-24)22(27)20-16-23(20)10-4-11-23/h1-3,6-9,20H,4-5,10-16H2. The molecule has 1 heterocycles. The quantitative estimate of drug-likeness (QED) is 0.817. The first-order valence-electron chi connectivity index (χ1n) is 10.2. The van der Waals surface area contributed by atoms with Gasteiger partial charge in [0.2, 0.25) is 5.91 Å². The van der Waals surface area contributed by atoms with Crippen LogP contribution in [0.25, 0.3) is 10.8 Å². The second-order valence-electron chi connectivity index (χ2n) is 8.47. The van der Waals surface area contributed by atoms with Crippen LogP contribution >= 0.6 is 0 Å². The van der Waals surface area contributed by atoms with Crippen molar-refractivity contribution in [2.24, 2.45) is 11.3 Å². The van der Waals surface area contributed by atoms with Gasteiger partial charge in [-0.25, -0.2) is 0 Å². The highest BCUT2D eigenvalue weighted by Gasteiger charge is 2.61. The van der Waals surface area contributed by atoms with Gasteiger partial charge in [0.05, 0.1) is 0 Å². The maximum atomic E-state index is 13.2. The molecule has 0 bridgehead atoms. The van der Waals surface area contributed by atoms with Crippen molar-refractivity contribution in [1.82, 2.24) is 9.80 Å². The van der Waals surface area contributed by atoms with Crippen molar-refractivity contribution in [1.29, 1.82) is 0 Å². The predicted molar refractivity (Wildman–Crippen MR) is 105 cm³/mol. The number of benzene rings is 2. The highest BCUT2D eigenvalue weighted by Crippen LogP contribution is 2.65. The molecule has 2 amide bonds. The summed E-state index contributed by atoms with van der Waals surface area (Å²) in [5, 5.41) is 2.10. The average molecular weight is 362 g/mol. The molecule has 3 aliphatic rings. The lowest BCUT2D eigenvalue weighted by molar-refractivity contribution is -0.133. The Hall–Kier alpha value is -2.36. The smallest absolute Gasteiger partial charge is 0.254 e. The molecule has 1 atom stereocenters. The Morgan fingerprint density at radius 1 is 0.852 bits per heavy atom. The SMILES string of the molecule is O=C(c1cccc2ccccc12)N1CCCN(C(=O)C2CC23CCC3)CC1. The average Bonchev–Trinajstić information content (AvgIpc) is 3.46. The molecule has 2 saturated carbocycles. The van der Waals surface area contributed by atoms with Gasteiger partial charge >= 0.3 is 0 Å². The molecule has 4 nitrogen and oxygen atoms in total. The van der Waals surface area contributed by atoms with E-state index in [1.54, 1.807) is 0 Å². The van der Waals surface area contributed by atoms with Gasteiger partial charge in [0, 0.05) is 37.7 Å². The minimum Gasteiger partial charge on any atom is -0.341 e. The van der Waals surface area contributed by atoms with Crippen LogP contribution in [0.5, 0.6) is 0 Å². The van der Waals surface area contributed by atoms with Crippen LogP contribution in [-0.2, 0) is 4.79 Å². The molecule has 140 valence electrons. The normalized spacial score (nSPS) is 23.8. The molecule has 0 aromatic heterocycles. The third kappa shape index (κ3) is 2.82. The van der Waals surface area contributed by atoms with E-state index in [-0.39, 0.29) is 11.8 Å². The number of nitrogens with zero attached hydrogens (tertiary/aromatic N) is 2. The molecule has 2 aromatic carbocycles. The lowest BCUT2D eigenvalue weighted by Crippen LogP contribution is -2.39. The van der Waals surface area contributed by atoms with E-state index >= 15 is 0 Å². The molecule has 5 rings (SSSR count). The topological polar surface area (TPSA) is 40.6 Å². The minimum absolute atomic E-state index is 0.0861. The van der Waals surface area contributed by atoms with Gasteiger partial charge in [-0.15, -0.1) is 0 Å². The number of rotatable bonds is 2. The molecule has 2 aliphatic carbocycles. The van der Waals surface area contributed by atoms with Crippen molar-refractivity contribution >= 4 is 22.6 Å². The molecule has 4 heteroatoms. The molecule has 0 N–H and O–H groups in total. The van der Waals surface area contributed by atoms with E-state index in [2.05, 4.69) is 0 Å². The van der Waals surface area contributed by atoms with E-state index in [0.717, 1.165) is 42.3 Å². The summed E-state index contributed by atoms with van der Waals surface area (Å²) in [5.74, 6) is 0.698. The Bertz CT molecular complexity index is 897. The van der Waals surface area contributed by atoms with Gasteiger partial charge in [-0.05, 0) is 47.9 Å². The van der Waals surface area contributed by atoms with Crippen molar-refractivity contribution in [2.45, 2.75) is 32.1 Å². The lowest BCUT2D eigenvalue weighted by atomic mass is 9.79. The van der Waals surface area contributed by atoms with Crippen LogP contribution in [0.3, 0.4) is 0 Å². The zero-order valence-electron chi connectivity index (χ0n) is 15.7. The highest BCUT2D eigenvalue weighted by atomic mass is 16.2. The summed E-state index contributed by atoms with van der Waals surface area (Å²) in [5.41, 5.74) is 1.14. The molecule has 27 heavy (non-hydrogen) atoms. The number of carbonyl (C=O) groups is 2. The molecule has 1 unspecified atom stereocenters. The van der Waals surface area contributed by atoms with Crippen LogP contribution in [0.1, 0.15) is 42.5 Å². The summed E-state index contributed by atoms with van der Waals surface area (Å²) in [7, 11) is 0. The monoisotopic (exact) mass is 362 g/mol. The number of carbonyl (C=O) groups excluding carboxylic acids is 2. The second kappa shape index (κ2) is 6.36. The number of hydrogen-bond acceptors (Lipinski definition) is 2. The Morgan fingerprint density at radius 2 is 1.59 bits per heavy atom. The summed E-state index contributed by atoms with van der Waals surface area (Å²) >= 11 is 0. The molecule has 0 radical (unpaired) electrons. The highest BCUT2D eigenvalue weighted by molar-refractivity contribution is 6.07. The summed E-state index contributed by atoms with van der Waals surface area (Å²) in [4.78, 5) is 30.0. The minimum atomic E-state index is 0.0861. The summed E-state index contributed by atoms with van der Waals surface area (Å²) < 4.78 is 0. The van der Waals surface area contributed by atoms with Gasteiger partial charge in [0.25, 0.3) is 5.91 Å². The van der Waals surface area contributed by atoms with Crippen LogP contribution in [0.4, 0.5) is 0 Å². The van der Waals surface area contributed by atoms with Gasteiger partial charge < -0.3 is 9.80 Å². The predicted octanol–water partition coefficient (Wildman–Crippen LogP) is 3.70. The van der Waals surface area contributed by atoms with E-state index in [4.69, 9.17) is 0 Å². The number of fused-ring (bicyclic) bond motifs is 1. The summed E-state index contributed by atoms with van der Waals surface area (Å²) in [6.07, 6.45) is 5.73. The van der Waals surface area contributed by atoms with E-state index in [9.17, 15) is 9.59 Å². The van der Waals surface area contributed by atoms with E-state index < -0.39 is 0 Å². The summed E-state index contributed by atoms with van der Waals surface area (Å²) in [6, 6.07) is 14.0. The van der Waals surface area contributed by atoms with Gasteiger partial charge in [-0.1, -0.05) is 42.8 Å². The largest absolute Gasteiger partial charge is 0.341 e. The van der Waals surface area contributed by atoms with Crippen LogP contribution in [0.15, 0.2) is 42.5 Å². The van der Waals surface area contributed by atoms with Crippen LogP contribution in [0, 0.1) is 11.3 Å². The fraction of sp³-hybridized carbons (Fsp3) is 0.478. The molecular weight excluding hydrogens is 336 g/mol. The fourth-order valence-electron chi connectivity index (χ4n) is 5.02. The third-order valence-corrected chi connectivity index (χ3v) is 6.95. The van der Waals surface area contributed by atoms with Gasteiger partial charge in [-0.3, -0.25) is 9.59 Å². The zero-order valence-corrected chi connectivity index (χ0v) is 15.7. The zero-order chi connectivity index (χ0) is 18.4. The van der Waals surface area contributed by atoms with E-state index in [1.165, 1.54) is 19.3 Å². The Balaban J connectivity index is 1.29. The van der Waals surface area contributed by atoms with Crippen molar-refractivity contribution in [3.8, 4) is 0 Å². The first-order valence-corrected chi connectivity index (χ1v) is 10.2. The molecule has 3 fully saturated rings. The number of hydrogen-bond donors (Lipinski definition) is 0. The first kappa shape index (κ1) is 16.8. The molecule has 1 spiro atoms. The lowest BCUT2D eigenvalue weighted by Gasteiger charge is -2.28. The van der Waals surface area contributed by atoms with Crippen LogP contribution in [0.2, 0.25) is 0 Å². The van der Waals surface area contributed by atoms with Gasteiger partial charge in [-0.2, -0.15) is 0 Å². The van der Waals surface area contributed by atoms with Crippen LogP contribution in [-0.4, -0.2) is 47.8 Å². The second-order valence-corrected chi connectivity index (χ2v) is 8.47.